The fraction of sp³-hybridized carbons (Fsp3) is 0.176. The molecule has 12 aromatic rings. The number of halogens is 6. The molecule has 558 valence electrons. The number of aryl methyl sites for hydroxylation is 4. The van der Waals surface area contributed by atoms with E-state index in [0.29, 0.717) is 62.1 Å². The van der Waals surface area contributed by atoms with Gasteiger partial charge in [-0.15, -0.1) is 0 Å². The molecule has 0 saturated carbocycles. The number of aromatic nitrogens is 8. The maximum atomic E-state index is 13.9. The maximum absolute atomic E-state index is 13.9. The third kappa shape index (κ3) is 14.8. The zero-order chi connectivity index (χ0) is 79.2. The van der Waals surface area contributed by atoms with Gasteiger partial charge in [-0.3, -0.25) is 58.5 Å². The first-order valence-electron chi connectivity index (χ1n) is 34.9. The third-order valence-corrected chi connectivity index (χ3v) is 19.4. The van der Waals surface area contributed by atoms with Crippen LogP contribution in [0.3, 0.4) is 0 Å². The Balaban J connectivity index is 0.000000146. The van der Waals surface area contributed by atoms with Crippen molar-refractivity contribution in [3.05, 3.63) is 293 Å². The molecular formula is C85H70F6N14O6. The van der Waals surface area contributed by atoms with Crippen molar-refractivity contribution in [1.82, 2.24) is 39.9 Å². The van der Waals surface area contributed by atoms with Gasteiger partial charge in [0.05, 0.1) is 67.6 Å². The molecule has 0 spiro atoms. The summed E-state index contributed by atoms with van der Waals surface area (Å²) in [5, 5.41) is 8.01. The second-order valence-corrected chi connectivity index (χ2v) is 28.3. The highest BCUT2D eigenvalue weighted by atomic mass is 19.4. The van der Waals surface area contributed by atoms with Crippen LogP contribution in [0.5, 0.6) is 0 Å². The van der Waals surface area contributed by atoms with Gasteiger partial charge in [0.25, 0.3) is 17.7 Å². The van der Waals surface area contributed by atoms with Gasteiger partial charge in [-0.1, -0.05) is 89.5 Å². The summed E-state index contributed by atoms with van der Waals surface area (Å²) in [6.45, 7) is 18.3. The molecule has 20 nitrogen and oxygen atoms in total. The van der Waals surface area contributed by atoms with Crippen molar-refractivity contribution in [2.24, 2.45) is 0 Å². The number of fused-ring (bicyclic) bond motifs is 3. The Kier molecular flexibility index (Phi) is 20.2. The average Bonchev–Trinajstić information content (AvgIpc) is 1.58. The molecule has 0 radical (unpaired) electrons. The van der Waals surface area contributed by atoms with Crippen LogP contribution in [0.1, 0.15) is 123 Å². The molecule has 0 atom stereocenters. The summed E-state index contributed by atoms with van der Waals surface area (Å²) in [6.07, 6.45) is 3.47. The standard InChI is InChI=1S/C29H26N4O2.2C28H22F3N5O2/c1-18-10-12-21(13-11-18)32-27(34)24-15-20(16-31-19(24)2)23-8-5-9-25-26(23)29(3,4)28(35)33(25)22-7-6-14-30-17-22;1-16-8-10-18(11-9-16)35-24(37)20-14-17(15-34-23(20)28(29,30)31)19-6-4-7-21-22(19)27(2,3)25(38)36(21)26-32-12-5-13-33-26;1-16-7-9-18(10-8-16)35-25(37)20-13-17(14-33-24(20)28(29,30)31)19-5-4-6-21-23(19)27(2,3)26(38)36(21)22-11-12-32-15-34-22/h5-17H,1-4H3,(H,32,34);2*4-15H,1-3H3,(H,35,37). The van der Waals surface area contributed by atoms with E-state index in [2.05, 4.69) is 55.8 Å². The zero-order valence-corrected chi connectivity index (χ0v) is 61.5. The highest BCUT2D eigenvalue weighted by molar-refractivity contribution is 6.17. The predicted octanol–water partition coefficient (Wildman–Crippen LogP) is 18.1. The van der Waals surface area contributed by atoms with Crippen LogP contribution in [0.2, 0.25) is 0 Å². The van der Waals surface area contributed by atoms with Gasteiger partial charge in [-0.05, 0) is 200 Å². The van der Waals surface area contributed by atoms with Crippen molar-refractivity contribution < 1.29 is 55.1 Å². The Bertz CT molecular complexity index is 5420. The fourth-order valence-corrected chi connectivity index (χ4v) is 13.8. The van der Waals surface area contributed by atoms with Crippen molar-refractivity contribution in [2.75, 3.05) is 30.7 Å². The van der Waals surface area contributed by atoms with Crippen molar-refractivity contribution in [3.63, 3.8) is 0 Å². The lowest BCUT2D eigenvalue weighted by Gasteiger charge is -2.20. The molecule has 6 amide bonds. The second kappa shape index (κ2) is 29.6. The van der Waals surface area contributed by atoms with Crippen LogP contribution in [0, 0.1) is 27.7 Å². The molecule has 26 heteroatoms. The number of carbonyl (C=O) groups is 6. The summed E-state index contributed by atoms with van der Waals surface area (Å²) in [4.78, 5) is 117. The van der Waals surface area contributed by atoms with E-state index < -0.39 is 62.9 Å². The van der Waals surface area contributed by atoms with E-state index in [1.807, 2.05) is 102 Å². The van der Waals surface area contributed by atoms with Gasteiger partial charge in [-0.2, -0.15) is 26.3 Å². The number of rotatable bonds is 12. The Hall–Kier alpha value is -13.5. The Morgan fingerprint density at radius 2 is 0.766 bits per heavy atom. The number of nitrogens with one attached hydrogen (secondary N) is 3. The molecule has 0 unspecified atom stereocenters. The molecule has 3 aliphatic heterocycles. The van der Waals surface area contributed by atoms with Gasteiger partial charge >= 0.3 is 12.4 Å². The minimum Gasteiger partial charge on any atom is -0.322 e. The topological polar surface area (TPSA) is 251 Å². The molecule has 0 aliphatic carbocycles. The summed E-state index contributed by atoms with van der Waals surface area (Å²) in [5.41, 5.74) is 6.69. The van der Waals surface area contributed by atoms with Crippen LogP contribution in [0.4, 0.5) is 77.9 Å². The van der Waals surface area contributed by atoms with Crippen LogP contribution >= 0.6 is 0 Å². The first-order chi connectivity index (χ1) is 52.7. The van der Waals surface area contributed by atoms with Crippen molar-refractivity contribution in [2.45, 2.75) is 97.8 Å². The van der Waals surface area contributed by atoms with Crippen LogP contribution in [0.15, 0.2) is 226 Å². The lowest BCUT2D eigenvalue weighted by atomic mass is 9.81. The molecular weight excluding hydrogens is 1430 g/mol. The Morgan fingerprint density at radius 1 is 0.378 bits per heavy atom. The summed E-state index contributed by atoms with van der Waals surface area (Å²) >= 11 is 0. The van der Waals surface area contributed by atoms with E-state index >= 15 is 0 Å². The number of alkyl halides is 6. The second-order valence-electron chi connectivity index (χ2n) is 28.3. The predicted molar refractivity (Wildman–Crippen MR) is 410 cm³/mol. The smallest absolute Gasteiger partial charge is 0.322 e. The maximum Gasteiger partial charge on any atom is 0.434 e. The Labute approximate surface area is 633 Å². The SMILES string of the molecule is Cc1ccc(NC(=O)c2cc(-c3cccc4c3C(C)(C)C(=O)N4c3cccnc3)cnc2C)cc1.Cc1ccc(NC(=O)c2cc(-c3cccc4c3C(C)(C)C(=O)N4c3ccncn3)cnc2C(F)(F)F)cc1.Cc1ccc(NC(=O)c2cc(-c3cccc4c3C(C)(C)C(=O)N4c3ncccn3)cnc2C(F)(F)F)cc1. The van der Waals surface area contributed by atoms with Gasteiger partial charge in [0.1, 0.15) is 12.1 Å². The van der Waals surface area contributed by atoms with Gasteiger partial charge in [-0.25, -0.2) is 24.8 Å². The number of benzene rings is 6. The van der Waals surface area contributed by atoms with Crippen LogP contribution in [0.25, 0.3) is 33.4 Å². The minimum absolute atomic E-state index is 0.0228. The van der Waals surface area contributed by atoms with E-state index in [9.17, 15) is 55.1 Å². The number of carbonyl (C=O) groups excluding carboxylic acids is 6. The molecule has 15 rings (SSSR count). The van der Waals surface area contributed by atoms with Crippen molar-refractivity contribution >= 4 is 87.0 Å². The molecule has 3 aliphatic rings. The monoisotopic (exact) mass is 1500 g/mol. The quantitative estimate of drug-likeness (QED) is 0.0963. The number of nitrogens with zero attached hydrogens (tertiary/aromatic N) is 11. The van der Waals surface area contributed by atoms with Crippen LogP contribution < -0.4 is 30.7 Å². The molecule has 6 aromatic heterocycles. The van der Waals surface area contributed by atoms with E-state index in [-0.39, 0.29) is 40.7 Å². The first-order valence-corrected chi connectivity index (χ1v) is 34.9. The Morgan fingerprint density at radius 3 is 1.17 bits per heavy atom. The summed E-state index contributed by atoms with van der Waals surface area (Å²) in [7, 11) is 0. The van der Waals surface area contributed by atoms with Crippen LogP contribution in [-0.4, -0.2) is 75.3 Å². The zero-order valence-electron chi connectivity index (χ0n) is 61.5. The molecule has 0 bridgehead atoms. The van der Waals surface area contributed by atoms with E-state index in [1.54, 1.807) is 148 Å². The highest BCUT2D eigenvalue weighted by Gasteiger charge is 2.50. The summed E-state index contributed by atoms with van der Waals surface area (Å²) in [6, 6.07) is 48.3. The molecule has 3 N–H and O–H groups in total. The van der Waals surface area contributed by atoms with Crippen LogP contribution in [-0.2, 0) is 43.0 Å². The fourth-order valence-electron chi connectivity index (χ4n) is 13.8. The summed E-state index contributed by atoms with van der Waals surface area (Å²) < 4.78 is 83.2. The van der Waals surface area contributed by atoms with Gasteiger partial charge in [0.2, 0.25) is 23.7 Å². The van der Waals surface area contributed by atoms with Gasteiger partial charge in [0, 0.05) is 77.1 Å². The van der Waals surface area contributed by atoms with E-state index in [0.717, 1.165) is 68.9 Å². The van der Waals surface area contributed by atoms with Gasteiger partial charge < -0.3 is 16.0 Å². The molecule has 0 saturated heterocycles. The third-order valence-electron chi connectivity index (χ3n) is 19.4. The largest absolute Gasteiger partial charge is 0.434 e. The van der Waals surface area contributed by atoms with E-state index in [4.69, 9.17) is 0 Å². The molecule has 6 aromatic carbocycles. The number of pyridine rings is 4. The number of anilines is 9. The van der Waals surface area contributed by atoms with Crippen molar-refractivity contribution in [3.8, 4) is 33.4 Å². The summed E-state index contributed by atoms with van der Waals surface area (Å²) in [5.74, 6) is -2.12. The molecule has 111 heavy (non-hydrogen) atoms. The number of amides is 6. The minimum atomic E-state index is -4.85. The molecule has 9 heterocycles. The lowest BCUT2D eigenvalue weighted by molar-refractivity contribution is -0.142. The number of hydrogen-bond donors (Lipinski definition) is 3. The van der Waals surface area contributed by atoms with E-state index in [1.165, 1.54) is 40.8 Å². The normalized spacial score (nSPS) is 14.3. The highest BCUT2D eigenvalue weighted by Crippen LogP contribution is 2.53. The lowest BCUT2D eigenvalue weighted by Crippen LogP contribution is -2.34. The van der Waals surface area contributed by atoms with Gasteiger partial charge in [0.15, 0.2) is 11.4 Å². The average molecular weight is 1500 g/mol. The first kappa shape index (κ1) is 75.7. The van der Waals surface area contributed by atoms with Crippen molar-refractivity contribution in [1.29, 1.82) is 0 Å². The number of hydrogen-bond acceptors (Lipinski definition) is 14. The molecule has 0 fully saturated rings.